The SMILES string of the molecule is CCCC1(O)CN(Cc2ccccc2CC(=O)O)C1. The van der Waals surface area contributed by atoms with Crippen molar-refractivity contribution < 1.29 is 15.0 Å². The third-order valence-corrected chi connectivity index (χ3v) is 3.61. The quantitative estimate of drug-likeness (QED) is 0.819. The van der Waals surface area contributed by atoms with Crippen molar-refractivity contribution in [1.82, 2.24) is 4.90 Å². The maximum Gasteiger partial charge on any atom is 0.307 e. The van der Waals surface area contributed by atoms with Gasteiger partial charge in [-0.1, -0.05) is 37.6 Å². The lowest BCUT2D eigenvalue weighted by molar-refractivity contribution is -0.136. The average Bonchev–Trinajstić information content (AvgIpc) is 2.29. The molecule has 1 fully saturated rings. The summed E-state index contributed by atoms with van der Waals surface area (Å²) in [4.78, 5) is 13.0. The van der Waals surface area contributed by atoms with E-state index in [-0.39, 0.29) is 6.42 Å². The fraction of sp³-hybridized carbons (Fsp3) is 0.533. The summed E-state index contributed by atoms with van der Waals surface area (Å²) >= 11 is 0. The van der Waals surface area contributed by atoms with Crippen LogP contribution in [0.5, 0.6) is 0 Å². The van der Waals surface area contributed by atoms with Gasteiger partial charge in [-0.15, -0.1) is 0 Å². The first-order chi connectivity index (χ1) is 9.02. The van der Waals surface area contributed by atoms with Crippen LogP contribution in [-0.4, -0.2) is 39.8 Å². The fourth-order valence-corrected chi connectivity index (χ4v) is 2.81. The lowest BCUT2D eigenvalue weighted by Gasteiger charge is -2.47. The second kappa shape index (κ2) is 5.72. The molecule has 0 atom stereocenters. The number of β-amino-alcohol motifs (C(OH)–C–C–N with tert-alkyl or cyclic N) is 1. The molecule has 0 aromatic heterocycles. The molecule has 0 bridgehead atoms. The lowest BCUT2D eigenvalue weighted by Crippen LogP contribution is -2.61. The van der Waals surface area contributed by atoms with E-state index in [9.17, 15) is 9.90 Å². The Morgan fingerprint density at radius 3 is 2.53 bits per heavy atom. The van der Waals surface area contributed by atoms with E-state index < -0.39 is 11.6 Å². The number of carbonyl (C=O) groups is 1. The van der Waals surface area contributed by atoms with Crippen LogP contribution < -0.4 is 0 Å². The van der Waals surface area contributed by atoms with Crippen molar-refractivity contribution in [1.29, 1.82) is 0 Å². The molecule has 104 valence electrons. The molecule has 0 radical (unpaired) electrons. The monoisotopic (exact) mass is 263 g/mol. The maximum absolute atomic E-state index is 10.8. The van der Waals surface area contributed by atoms with Gasteiger partial charge in [0, 0.05) is 19.6 Å². The fourth-order valence-electron chi connectivity index (χ4n) is 2.81. The van der Waals surface area contributed by atoms with E-state index in [0.29, 0.717) is 13.1 Å². The molecule has 4 heteroatoms. The molecule has 2 rings (SSSR count). The molecule has 1 saturated heterocycles. The molecule has 1 heterocycles. The second-order valence-corrected chi connectivity index (χ2v) is 5.46. The summed E-state index contributed by atoms with van der Waals surface area (Å²) in [6, 6.07) is 7.63. The highest BCUT2D eigenvalue weighted by Crippen LogP contribution is 2.27. The second-order valence-electron chi connectivity index (χ2n) is 5.46. The van der Waals surface area contributed by atoms with Gasteiger partial charge >= 0.3 is 5.97 Å². The van der Waals surface area contributed by atoms with Crippen LogP contribution >= 0.6 is 0 Å². The predicted octanol–water partition coefficient (Wildman–Crippen LogP) is 1.66. The van der Waals surface area contributed by atoms with Gasteiger partial charge in [0.2, 0.25) is 0 Å². The molecule has 1 aliphatic rings. The van der Waals surface area contributed by atoms with E-state index in [1.54, 1.807) is 0 Å². The van der Waals surface area contributed by atoms with Crippen LogP contribution in [0, 0.1) is 0 Å². The van der Waals surface area contributed by atoms with E-state index in [4.69, 9.17) is 5.11 Å². The largest absolute Gasteiger partial charge is 0.481 e. The van der Waals surface area contributed by atoms with E-state index in [2.05, 4.69) is 11.8 Å². The van der Waals surface area contributed by atoms with Crippen molar-refractivity contribution in [2.75, 3.05) is 13.1 Å². The molecule has 1 aromatic carbocycles. The number of hydrogen-bond donors (Lipinski definition) is 2. The van der Waals surface area contributed by atoms with Crippen LogP contribution in [0.15, 0.2) is 24.3 Å². The van der Waals surface area contributed by atoms with Gasteiger partial charge in [0.05, 0.1) is 12.0 Å². The molecular formula is C15H21NO3. The summed E-state index contributed by atoms with van der Waals surface area (Å²) in [5, 5.41) is 19.0. The molecule has 4 nitrogen and oxygen atoms in total. The van der Waals surface area contributed by atoms with Crippen LogP contribution in [0.25, 0.3) is 0 Å². The minimum Gasteiger partial charge on any atom is -0.481 e. The first kappa shape index (κ1) is 14.0. The highest BCUT2D eigenvalue weighted by Gasteiger charge is 2.39. The molecule has 0 saturated carbocycles. The summed E-state index contributed by atoms with van der Waals surface area (Å²) < 4.78 is 0. The third-order valence-electron chi connectivity index (χ3n) is 3.61. The number of carboxylic acids is 1. The average molecular weight is 263 g/mol. The number of aliphatic hydroxyl groups is 1. The topological polar surface area (TPSA) is 60.8 Å². The van der Waals surface area contributed by atoms with E-state index in [1.807, 2.05) is 24.3 Å². The van der Waals surface area contributed by atoms with Crippen LogP contribution in [0.1, 0.15) is 30.9 Å². The number of benzene rings is 1. The number of likely N-dealkylation sites (tertiary alicyclic amines) is 1. The Morgan fingerprint density at radius 1 is 1.32 bits per heavy atom. The normalized spacial score (nSPS) is 18.0. The Balaban J connectivity index is 1.96. The van der Waals surface area contributed by atoms with Gasteiger partial charge in [-0.2, -0.15) is 0 Å². The zero-order valence-corrected chi connectivity index (χ0v) is 11.3. The van der Waals surface area contributed by atoms with E-state index >= 15 is 0 Å². The number of hydrogen-bond acceptors (Lipinski definition) is 3. The van der Waals surface area contributed by atoms with Crippen molar-refractivity contribution in [3.63, 3.8) is 0 Å². The first-order valence-corrected chi connectivity index (χ1v) is 6.76. The van der Waals surface area contributed by atoms with E-state index in [0.717, 1.165) is 30.5 Å². The predicted molar refractivity (Wildman–Crippen MR) is 72.9 cm³/mol. The summed E-state index contributed by atoms with van der Waals surface area (Å²) in [7, 11) is 0. The van der Waals surface area contributed by atoms with Crippen LogP contribution in [0.2, 0.25) is 0 Å². The zero-order valence-electron chi connectivity index (χ0n) is 11.3. The van der Waals surface area contributed by atoms with Crippen molar-refractivity contribution >= 4 is 5.97 Å². The van der Waals surface area contributed by atoms with Gasteiger partial charge in [0.15, 0.2) is 0 Å². The smallest absolute Gasteiger partial charge is 0.307 e. The number of nitrogens with zero attached hydrogens (tertiary/aromatic N) is 1. The summed E-state index contributed by atoms with van der Waals surface area (Å²) in [5.41, 5.74) is 1.38. The summed E-state index contributed by atoms with van der Waals surface area (Å²) in [5.74, 6) is -0.807. The van der Waals surface area contributed by atoms with Crippen LogP contribution in [0.4, 0.5) is 0 Å². The van der Waals surface area contributed by atoms with Gasteiger partial charge in [0.1, 0.15) is 0 Å². The Kier molecular flexibility index (Phi) is 4.22. The molecule has 2 N–H and O–H groups in total. The molecule has 1 aliphatic heterocycles. The summed E-state index contributed by atoms with van der Waals surface area (Å²) in [6.07, 6.45) is 1.88. The molecule has 0 spiro atoms. The third kappa shape index (κ3) is 3.55. The van der Waals surface area contributed by atoms with Crippen LogP contribution in [-0.2, 0) is 17.8 Å². The van der Waals surface area contributed by atoms with Gasteiger partial charge in [-0.05, 0) is 17.5 Å². The van der Waals surface area contributed by atoms with Crippen LogP contribution in [0.3, 0.4) is 0 Å². The minimum absolute atomic E-state index is 0.0588. The minimum atomic E-state index is -0.807. The van der Waals surface area contributed by atoms with Crippen molar-refractivity contribution in [3.05, 3.63) is 35.4 Å². The van der Waals surface area contributed by atoms with Gasteiger partial charge in [0.25, 0.3) is 0 Å². The first-order valence-electron chi connectivity index (χ1n) is 6.76. The van der Waals surface area contributed by atoms with Gasteiger partial charge in [-0.3, -0.25) is 9.69 Å². The van der Waals surface area contributed by atoms with Crippen molar-refractivity contribution in [2.45, 2.75) is 38.3 Å². The Hall–Kier alpha value is -1.39. The number of carboxylic acid groups (broad SMARTS) is 1. The Morgan fingerprint density at radius 2 is 1.95 bits per heavy atom. The molecule has 1 aromatic rings. The van der Waals surface area contributed by atoms with Gasteiger partial charge in [-0.25, -0.2) is 0 Å². The Labute approximate surface area is 113 Å². The lowest BCUT2D eigenvalue weighted by atomic mass is 9.88. The van der Waals surface area contributed by atoms with Gasteiger partial charge < -0.3 is 10.2 Å². The Bertz CT molecular complexity index is 452. The molecule has 0 unspecified atom stereocenters. The molecule has 0 amide bonds. The highest BCUT2D eigenvalue weighted by molar-refractivity contribution is 5.70. The summed E-state index contributed by atoms with van der Waals surface area (Å²) in [6.45, 7) is 4.16. The number of aliphatic carboxylic acids is 1. The van der Waals surface area contributed by atoms with E-state index in [1.165, 1.54) is 0 Å². The highest BCUT2D eigenvalue weighted by atomic mass is 16.4. The molecule has 0 aliphatic carbocycles. The molecular weight excluding hydrogens is 242 g/mol. The number of rotatable bonds is 6. The van der Waals surface area contributed by atoms with Crippen molar-refractivity contribution in [2.24, 2.45) is 0 Å². The molecule has 19 heavy (non-hydrogen) atoms. The standard InChI is InChI=1S/C15H21NO3/c1-2-7-15(19)10-16(11-15)9-13-6-4-3-5-12(13)8-14(17)18/h3-6,19H,2,7-11H2,1H3,(H,17,18). The zero-order chi connectivity index (χ0) is 13.9. The maximum atomic E-state index is 10.8. The van der Waals surface area contributed by atoms with Crippen molar-refractivity contribution in [3.8, 4) is 0 Å².